The topological polar surface area (TPSA) is 92.7 Å². The summed E-state index contributed by atoms with van der Waals surface area (Å²) < 4.78 is 49.0. The second-order valence-electron chi connectivity index (χ2n) is 9.02. The molecule has 1 saturated carbocycles. The van der Waals surface area contributed by atoms with E-state index in [2.05, 4.69) is 11.6 Å². The largest absolute Gasteiger partial charge is 0.495 e. The van der Waals surface area contributed by atoms with Gasteiger partial charge >= 0.3 is 5.97 Å². The Kier molecular flexibility index (Phi) is 7.12. The molecule has 0 radical (unpaired) electrons. The number of carboxylic acids is 1. The lowest BCUT2D eigenvalue weighted by atomic mass is 9.79. The van der Waals surface area contributed by atoms with E-state index in [1.54, 1.807) is 6.07 Å². The van der Waals surface area contributed by atoms with E-state index in [1.807, 2.05) is 24.3 Å². The fraction of sp³-hybridized carbons (Fsp3) is 0.296. The first kappa shape index (κ1) is 24.7. The van der Waals surface area contributed by atoms with Crippen LogP contribution in [0.2, 0.25) is 0 Å². The number of anilines is 1. The number of rotatable bonds is 7. The van der Waals surface area contributed by atoms with Gasteiger partial charge in [-0.2, -0.15) is 0 Å². The van der Waals surface area contributed by atoms with Crippen molar-refractivity contribution in [2.45, 2.75) is 43.4 Å². The van der Waals surface area contributed by atoms with Crippen LogP contribution in [0.3, 0.4) is 0 Å². The van der Waals surface area contributed by atoms with Crippen molar-refractivity contribution in [3.63, 3.8) is 0 Å². The molecule has 35 heavy (non-hydrogen) atoms. The summed E-state index contributed by atoms with van der Waals surface area (Å²) in [4.78, 5) is 10.7. The Bertz CT molecular complexity index is 1330. The molecule has 1 fully saturated rings. The van der Waals surface area contributed by atoms with Gasteiger partial charge in [-0.15, -0.1) is 0 Å². The van der Waals surface area contributed by atoms with Gasteiger partial charge in [-0.3, -0.25) is 4.72 Å². The fourth-order valence-electron chi connectivity index (χ4n) is 4.58. The summed E-state index contributed by atoms with van der Waals surface area (Å²) in [5.41, 5.74) is 1.95. The van der Waals surface area contributed by atoms with Crippen molar-refractivity contribution in [1.82, 2.24) is 0 Å². The molecule has 0 saturated heterocycles. The molecule has 4 rings (SSSR count). The van der Waals surface area contributed by atoms with Crippen molar-refractivity contribution in [2.75, 3.05) is 11.8 Å². The number of aromatic carboxylic acids is 1. The number of carbonyl (C=O) groups is 1. The Morgan fingerprint density at radius 3 is 2.34 bits per heavy atom. The van der Waals surface area contributed by atoms with Gasteiger partial charge in [0.15, 0.2) is 5.82 Å². The third-order valence-electron chi connectivity index (χ3n) is 6.65. The summed E-state index contributed by atoms with van der Waals surface area (Å²) in [7, 11) is -3.03. The molecule has 0 atom stereocenters. The van der Waals surface area contributed by atoms with Crippen LogP contribution in [0.5, 0.6) is 5.75 Å². The lowest BCUT2D eigenvalue weighted by Crippen LogP contribution is -2.16. The van der Waals surface area contributed by atoms with Gasteiger partial charge in [-0.25, -0.2) is 17.6 Å². The molecule has 6 nitrogen and oxygen atoms in total. The van der Waals surface area contributed by atoms with E-state index in [9.17, 15) is 13.2 Å². The SMILES string of the molecule is COc1cc(C(=O)O)ccc1NS(=O)(=O)c1cccc(-c2ccc([C@H]3CC[C@@H](C)CC3)cc2)c1F. The minimum absolute atomic E-state index is 0.00783. The lowest BCUT2D eigenvalue weighted by molar-refractivity contribution is 0.0696. The molecule has 0 aromatic heterocycles. The molecule has 0 unspecified atom stereocenters. The number of hydrogen-bond donors (Lipinski definition) is 2. The van der Waals surface area contributed by atoms with E-state index in [0.717, 1.165) is 18.8 Å². The summed E-state index contributed by atoms with van der Waals surface area (Å²) in [6.07, 6.45) is 4.70. The molecular weight excluding hydrogens is 469 g/mol. The highest BCUT2D eigenvalue weighted by atomic mass is 32.2. The molecule has 8 heteroatoms. The first-order valence-corrected chi connectivity index (χ1v) is 13.0. The van der Waals surface area contributed by atoms with E-state index in [4.69, 9.17) is 9.84 Å². The van der Waals surface area contributed by atoms with Crippen molar-refractivity contribution in [1.29, 1.82) is 0 Å². The summed E-state index contributed by atoms with van der Waals surface area (Å²) in [5.74, 6) is -0.768. The molecule has 0 amide bonds. The van der Waals surface area contributed by atoms with E-state index >= 15 is 4.39 Å². The Labute approximate surface area is 204 Å². The van der Waals surface area contributed by atoms with Gasteiger partial charge in [0.05, 0.1) is 18.4 Å². The Morgan fingerprint density at radius 1 is 1.03 bits per heavy atom. The maximum atomic E-state index is 15.5. The average molecular weight is 498 g/mol. The number of hydrogen-bond acceptors (Lipinski definition) is 4. The number of benzene rings is 3. The maximum absolute atomic E-state index is 15.5. The average Bonchev–Trinajstić information content (AvgIpc) is 2.84. The van der Waals surface area contributed by atoms with Crippen LogP contribution in [0, 0.1) is 11.7 Å². The summed E-state index contributed by atoms with van der Waals surface area (Å²) in [5, 5.41) is 9.14. The summed E-state index contributed by atoms with van der Waals surface area (Å²) in [6.45, 7) is 2.28. The number of methoxy groups -OCH3 is 1. The second kappa shape index (κ2) is 10.1. The first-order valence-electron chi connectivity index (χ1n) is 11.5. The standard InChI is InChI=1S/C27H28FNO5S/c1-17-6-8-18(9-7-17)19-10-12-20(13-11-19)22-4-3-5-25(26(22)28)35(32,33)29-23-15-14-21(27(30)31)16-24(23)34-2/h3-5,10-18,29H,6-9H2,1-2H3,(H,30,31)/t17-,18+. The number of ether oxygens (including phenoxy) is 1. The Morgan fingerprint density at radius 2 is 1.71 bits per heavy atom. The number of nitrogens with one attached hydrogen (secondary N) is 1. The van der Waals surface area contributed by atoms with Gasteiger partial charge in [-0.05, 0) is 60.1 Å². The van der Waals surface area contributed by atoms with E-state index < -0.39 is 26.7 Å². The monoisotopic (exact) mass is 497 g/mol. The fourth-order valence-corrected chi connectivity index (χ4v) is 5.75. The van der Waals surface area contributed by atoms with Gasteiger partial charge in [-0.1, -0.05) is 56.2 Å². The van der Waals surface area contributed by atoms with Crippen LogP contribution < -0.4 is 9.46 Å². The molecule has 2 N–H and O–H groups in total. The zero-order valence-corrected chi connectivity index (χ0v) is 20.4. The van der Waals surface area contributed by atoms with Crippen LogP contribution in [0.15, 0.2) is 65.6 Å². The van der Waals surface area contributed by atoms with E-state index in [0.29, 0.717) is 11.5 Å². The van der Waals surface area contributed by atoms with Crippen LogP contribution >= 0.6 is 0 Å². The number of sulfonamides is 1. The highest BCUT2D eigenvalue weighted by Gasteiger charge is 2.24. The van der Waals surface area contributed by atoms with Crippen molar-refractivity contribution in [3.05, 3.63) is 77.6 Å². The molecule has 0 heterocycles. The second-order valence-corrected chi connectivity index (χ2v) is 10.7. The predicted molar refractivity (Wildman–Crippen MR) is 133 cm³/mol. The maximum Gasteiger partial charge on any atom is 0.335 e. The van der Waals surface area contributed by atoms with E-state index in [1.165, 1.54) is 55.8 Å². The van der Waals surface area contributed by atoms with Crippen molar-refractivity contribution >= 4 is 21.7 Å². The highest BCUT2D eigenvalue weighted by Crippen LogP contribution is 2.37. The molecule has 1 aliphatic carbocycles. The molecule has 0 spiro atoms. The van der Waals surface area contributed by atoms with Gasteiger partial charge in [0.2, 0.25) is 0 Å². The minimum atomic E-state index is -4.32. The Balaban J connectivity index is 1.61. The minimum Gasteiger partial charge on any atom is -0.495 e. The van der Waals surface area contributed by atoms with Crippen LogP contribution in [0.4, 0.5) is 10.1 Å². The molecule has 184 valence electrons. The predicted octanol–water partition coefficient (Wildman–Crippen LogP) is 6.29. The molecule has 0 bridgehead atoms. The normalized spacial score (nSPS) is 18.1. The van der Waals surface area contributed by atoms with Crippen molar-refractivity contribution in [2.24, 2.45) is 5.92 Å². The summed E-state index contributed by atoms with van der Waals surface area (Å²) in [6, 6.07) is 15.6. The van der Waals surface area contributed by atoms with Gasteiger partial charge in [0, 0.05) is 5.56 Å². The molecule has 0 aliphatic heterocycles. The van der Waals surface area contributed by atoms with E-state index in [-0.39, 0.29) is 22.6 Å². The van der Waals surface area contributed by atoms with Crippen LogP contribution in [-0.4, -0.2) is 26.6 Å². The van der Waals surface area contributed by atoms with Crippen LogP contribution in [0.25, 0.3) is 11.1 Å². The van der Waals surface area contributed by atoms with Crippen LogP contribution in [0.1, 0.15) is 54.4 Å². The molecule has 3 aromatic rings. The zero-order chi connectivity index (χ0) is 25.2. The quantitative estimate of drug-likeness (QED) is 0.400. The number of halogens is 1. The van der Waals surface area contributed by atoms with Gasteiger partial charge < -0.3 is 9.84 Å². The third kappa shape index (κ3) is 5.32. The number of carboxylic acid groups (broad SMARTS) is 1. The third-order valence-corrected chi connectivity index (χ3v) is 8.04. The molecular formula is C27H28FNO5S. The van der Waals surface area contributed by atoms with Crippen molar-refractivity contribution in [3.8, 4) is 16.9 Å². The summed E-state index contributed by atoms with van der Waals surface area (Å²) >= 11 is 0. The van der Waals surface area contributed by atoms with Crippen molar-refractivity contribution < 1.29 is 27.4 Å². The zero-order valence-electron chi connectivity index (χ0n) is 19.6. The van der Waals surface area contributed by atoms with Gasteiger partial charge in [0.25, 0.3) is 10.0 Å². The van der Waals surface area contributed by atoms with Crippen LogP contribution in [-0.2, 0) is 10.0 Å². The molecule has 3 aromatic carbocycles. The smallest absolute Gasteiger partial charge is 0.335 e. The Hall–Kier alpha value is -3.39. The lowest BCUT2D eigenvalue weighted by Gasteiger charge is -2.26. The molecule has 1 aliphatic rings. The first-order chi connectivity index (χ1) is 16.7. The van der Waals surface area contributed by atoms with Gasteiger partial charge in [0.1, 0.15) is 10.6 Å². The highest BCUT2D eigenvalue weighted by molar-refractivity contribution is 7.92.